The number of hydrogen-bond acceptors (Lipinski definition) is 4. The lowest BCUT2D eigenvalue weighted by molar-refractivity contribution is -0.138. The molecule has 1 rings (SSSR count). The second-order valence-electron chi connectivity index (χ2n) is 4.70. The van der Waals surface area contributed by atoms with Crippen LogP contribution in [0.4, 0.5) is 0 Å². The Bertz CT molecular complexity index is 335. The maximum absolute atomic E-state index is 5.53. The van der Waals surface area contributed by atoms with Crippen molar-refractivity contribution in [1.82, 2.24) is 5.32 Å². The zero-order valence-electron chi connectivity index (χ0n) is 12.6. The molecule has 0 spiro atoms. The maximum atomic E-state index is 5.53. The molecule has 1 aromatic heterocycles. The summed E-state index contributed by atoms with van der Waals surface area (Å²) in [6.45, 7) is 10.7. The summed E-state index contributed by atoms with van der Waals surface area (Å²) < 4.78 is 11.1. The third-order valence-corrected chi connectivity index (χ3v) is 3.90. The SMILES string of the molecule is CCOC(CCNC(C)Cc1ccc(C)s1)OCC. The zero-order valence-corrected chi connectivity index (χ0v) is 13.4. The normalized spacial score (nSPS) is 13.1. The first-order chi connectivity index (χ1) is 9.15. The summed E-state index contributed by atoms with van der Waals surface area (Å²) in [6, 6.07) is 4.90. The molecule has 110 valence electrons. The molecule has 0 aliphatic rings. The van der Waals surface area contributed by atoms with Crippen molar-refractivity contribution in [3.63, 3.8) is 0 Å². The van der Waals surface area contributed by atoms with Crippen LogP contribution in [-0.4, -0.2) is 32.1 Å². The van der Waals surface area contributed by atoms with Gasteiger partial charge in [-0.1, -0.05) is 0 Å². The molecule has 1 atom stereocenters. The number of aryl methyl sites for hydroxylation is 1. The van der Waals surface area contributed by atoms with Gasteiger partial charge in [-0.15, -0.1) is 11.3 Å². The van der Waals surface area contributed by atoms with Crippen molar-refractivity contribution in [3.05, 3.63) is 21.9 Å². The lowest BCUT2D eigenvalue weighted by Gasteiger charge is -2.19. The minimum Gasteiger partial charge on any atom is -0.353 e. The van der Waals surface area contributed by atoms with Crippen molar-refractivity contribution in [1.29, 1.82) is 0 Å². The largest absolute Gasteiger partial charge is 0.353 e. The summed E-state index contributed by atoms with van der Waals surface area (Å²) in [5.41, 5.74) is 0. The molecule has 1 N–H and O–H groups in total. The summed E-state index contributed by atoms with van der Waals surface area (Å²) in [5, 5.41) is 3.53. The molecule has 1 aromatic rings. The topological polar surface area (TPSA) is 30.5 Å². The predicted octanol–water partition coefficient (Wildman–Crippen LogP) is 3.37. The Hall–Kier alpha value is -0.420. The van der Waals surface area contributed by atoms with Crippen molar-refractivity contribution in [3.8, 4) is 0 Å². The van der Waals surface area contributed by atoms with Crippen molar-refractivity contribution >= 4 is 11.3 Å². The lowest BCUT2D eigenvalue weighted by atomic mass is 10.2. The Morgan fingerprint density at radius 3 is 2.42 bits per heavy atom. The predicted molar refractivity (Wildman–Crippen MR) is 81.9 cm³/mol. The minimum absolute atomic E-state index is 0.0707. The smallest absolute Gasteiger partial charge is 0.158 e. The van der Waals surface area contributed by atoms with Crippen LogP contribution in [0.15, 0.2) is 12.1 Å². The molecular formula is C15H27NO2S. The standard InChI is InChI=1S/C15H27NO2S/c1-5-17-15(18-6-2)9-10-16-12(3)11-14-8-7-13(4)19-14/h7-8,12,15-16H,5-6,9-11H2,1-4H3. The highest BCUT2D eigenvalue weighted by molar-refractivity contribution is 7.11. The highest BCUT2D eigenvalue weighted by Gasteiger charge is 2.09. The van der Waals surface area contributed by atoms with Crippen LogP contribution in [0, 0.1) is 6.92 Å². The number of rotatable bonds is 10. The van der Waals surface area contributed by atoms with Gasteiger partial charge in [-0.3, -0.25) is 0 Å². The van der Waals surface area contributed by atoms with E-state index in [1.165, 1.54) is 9.75 Å². The number of ether oxygens (including phenoxy) is 2. The van der Waals surface area contributed by atoms with Crippen molar-refractivity contribution < 1.29 is 9.47 Å². The molecule has 19 heavy (non-hydrogen) atoms. The van der Waals surface area contributed by atoms with Gasteiger partial charge in [-0.05, 0) is 46.2 Å². The van der Waals surface area contributed by atoms with Crippen molar-refractivity contribution in [2.45, 2.75) is 52.9 Å². The van der Waals surface area contributed by atoms with E-state index in [1.807, 2.05) is 25.2 Å². The van der Waals surface area contributed by atoms with Gasteiger partial charge in [0.05, 0.1) is 0 Å². The summed E-state index contributed by atoms with van der Waals surface area (Å²) in [4.78, 5) is 2.83. The van der Waals surface area contributed by atoms with Crippen LogP contribution in [0.5, 0.6) is 0 Å². The molecule has 0 aliphatic carbocycles. The minimum atomic E-state index is -0.0707. The molecule has 0 amide bonds. The molecule has 0 bridgehead atoms. The molecule has 0 radical (unpaired) electrons. The van der Waals surface area contributed by atoms with Gasteiger partial charge < -0.3 is 14.8 Å². The third kappa shape index (κ3) is 7.06. The fraction of sp³-hybridized carbons (Fsp3) is 0.733. The van der Waals surface area contributed by atoms with E-state index in [9.17, 15) is 0 Å². The first-order valence-electron chi connectivity index (χ1n) is 7.17. The van der Waals surface area contributed by atoms with Crippen LogP contribution in [0.1, 0.15) is 36.9 Å². The van der Waals surface area contributed by atoms with Crippen LogP contribution in [0.3, 0.4) is 0 Å². The molecule has 0 saturated carbocycles. The Morgan fingerprint density at radius 1 is 1.21 bits per heavy atom. The Kier molecular flexibility index (Phi) is 8.30. The maximum Gasteiger partial charge on any atom is 0.158 e. The Balaban J connectivity index is 2.20. The van der Waals surface area contributed by atoms with Crippen LogP contribution in [0.2, 0.25) is 0 Å². The van der Waals surface area contributed by atoms with Gasteiger partial charge in [-0.25, -0.2) is 0 Å². The van der Waals surface area contributed by atoms with Gasteiger partial charge in [-0.2, -0.15) is 0 Å². The second-order valence-corrected chi connectivity index (χ2v) is 6.07. The first-order valence-corrected chi connectivity index (χ1v) is 7.99. The van der Waals surface area contributed by atoms with Gasteiger partial charge in [0.2, 0.25) is 0 Å². The van der Waals surface area contributed by atoms with E-state index in [0.717, 1.165) is 19.4 Å². The molecule has 1 unspecified atom stereocenters. The highest BCUT2D eigenvalue weighted by Crippen LogP contribution is 2.16. The van der Waals surface area contributed by atoms with E-state index in [-0.39, 0.29) is 6.29 Å². The molecule has 0 saturated heterocycles. The van der Waals surface area contributed by atoms with E-state index >= 15 is 0 Å². The first kappa shape index (κ1) is 16.6. The summed E-state index contributed by atoms with van der Waals surface area (Å²) in [5.74, 6) is 0. The van der Waals surface area contributed by atoms with Gasteiger partial charge in [0.15, 0.2) is 6.29 Å². The van der Waals surface area contributed by atoms with Gasteiger partial charge in [0.25, 0.3) is 0 Å². The Labute approximate surface area is 121 Å². The summed E-state index contributed by atoms with van der Waals surface area (Å²) in [6.07, 6.45) is 1.92. The number of hydrogen-bond donors (Lipinski definition) is 1. The zero-order chi connectivity index (χ0) is 14.1. The van der Waals surface area contributed by atoms with E-state index in [4.69, 9.17) is 9.47 Å². The molecule has 0 fully saturated rings. The van der Waals surface area contributed by atoms with Crippen LogP contribution >= 0.6 is 11.3 Å². The van der Waals surface area contributed by atoms with Crippen molar-refractivity contribution in [2.75, 3.05) is 19.8 Å². The lowest BCUT2D eigenvalue weighted by Crippen LogP contribution is -2.32. The van der Waals surface area contributed by atoms with Crippen LogP contribution < -0.4 is 5.32 Å². The van der Waals surface area contributed by atoms with Crippen LogP contribution in [-0.2, 0) is 15.9 Å². The van der Waals surface area contributed by atoms with Crippen LogP contribution in [0.25, 0.3) is 0 Å². The fourth-order valence-corrected chi connectivity index (χ4v) is 3.02. The highest BCUT2D eigenvalue weighted by atomic mass is 32.1. The summed E-state index contributed by atoms with van der Waals surface area (Å²) >= 11 is 1.88. The van der Waals surface area contributed by atoms with E-state index in [0.29, 0.717) is 19.3 Å². The average molecular weight is 285 g/mol. The van der Waals surface area contributed by atoms with E-state index in [1.54, 1.807) is 0 Å². The van der Waals surface area contributed by atoms with Gasteiger partial charge >= 0.3 is 0 Å². The van der Waals surface area contributed by atoms with Gasteiger partial charge in [0, 0.05) is 42.0 Å². The molecule has 3 nitrogen and oxygen atoms in total. The third-order valence-electron chi connectivity index (χ3n) is 2.88. The molecule has 1 heterocycles. The number of nitrogens with one attached hydrogen (secondary N) is 1. The average Bonchev–Trinajstić information content (AvgIpc) is 2.75. The van der Waals surface area contributed by atoms with Gasteiger partial charge in [0.1, 0.15) is 0 Å². The molecule has 0 aromatic carbocycles. The fourth-order valence-electron chi connectivity index (χ4n) is 2.00. The molecule has 0 aliphatic heterocycles. The molecule has 4 heteroatoms. The van der Waals surface area contributed by atoms with Crippen molar-refractivity contribution in [2.24, 2.45) is 0 Å². The quantitative estimate of drug-likeness (QED) is 0.669. The van der Waals surface area contributed by atoms with E-state index < -0.39 is 0 Å². The Morgan fingerprint density at radius 2 is 1.89 bits per heavy atom. The number of thiophene rings is 1. The summed E-state index contributed by atoms with van der Waals surface area (Å²) in [7, 11) is 0. The van der Waals surface area contributed by atoms with E-state index in [2.05, 4.69) is 31.3 Å². The monoisotopic (exact) mass is 285 g/mol. The molecular weight excluding hydrogens is 258 g/mol. The second kappa shape index (κ2) is 9.48.